The average Bonchev–Trinajstić information content (AvgIpc) is 3.43. The van der Waals surface area contributed by atoms with E-state index < -0.39 is 0 Å². The van der Waals surface area contributed by atoms with Gasteiger partial charge in [-0.25, -0.2) is 9.97 Å². The molecule has 0 unspecified atom stereocenters. The quantitative estimate of drug-likeness (QED) is 0.275. The fourth-order valence-electron chi connectivity index (χ4n) is 4.38. The first-order chi connectivity index (χ1) is 15.5. The van der Waals surface area contributed by atoms with E-state index in [1.807, 2.05) is 6.07 Å². The summed E-state index contributed by atoms with van der Waals surface area (Å²) < 4.78 is 6.72. The van der Waals surface area contributed by atoms with E-state index in [1.54, 1.807) is 23.9 Å². The maximum atomic E-state index is 5.61. The molecule has 0 radical (unpaired) electrons. The minimum atomic E-state index is 0.0286. The van der Waals surface area contributed by atoms with Gasteiger partial charge in [0.05, 0.1) is 22.2 Å². The Hall–Kier alpha value is -3.50. The van der Waals surface area contributed by atoms with Crippen LogP contribution < -0.4 is 0 Å². The van der Waals surface area contributed by atoms with Gasteiger partial charge in [0.25, 0.3) is 0 Å². The van der Waals surface area contributed by atoms with Crippen molar-refractivity contribution in [2.75, 3.05) is 0 Å². The minimum absolute atomic E-state index is 0.0286. The molecule has 156 valence electrons. The van der Waals surface area contributed by atoms with Gasteiger partial charge in [0.15, 0.2) is 0 Å². The number of nitrogens with zero attached hydrogens (tertiary/aromatic N) is 2. The van der Waals surface area contributed by atoms with Crippen molar-refractivity contribution in [3.8, 4) is 21.7 Å². The molecule has 0 aliphatic carbocycles. The molecule has 3 aromatic heterocycles. The van der Waals surface area contributed by atoms with E-state index in [9.17, 15) is 0 Å². The van der Waals surface area contributed by atoms with Gasteiger partial charge in [-0.1, -0.05) is 57.2 Å². The van der Waals surface area contributed by atoms with Crippen LogP contribution in [0.5, 0.6) is 0 Å². The maximum absolute atomic E-state index is 5.61. The Morgan fingerprint density at radius 1 is 0.812 bits per heavy atom. The second-order valence-electron chi connectivity index (χ2n) is 9.22. The Bertz CT molecular complexity index is 1620. The summed E-state index contributed by atoms with van der Waals surface area (Å²) in [6.45, 7) is 6.80. The third kappa shape index (κ3) is 3.10. The Morgan fingerprint density at radius 2 is 1.69 bits per heavy atom. The molecule has 0 spiro atoms. The number of rotatable bonds is 2. The first kappa shape index (κ1) is 19.2. The van der Waals surface area contributed by atoms with E-state index in [-0.39, 0.29) is 5.41 Å². The predicted molar refractivity (Wildman–Crippen MR) is 134 cm³/mol. The molecule has 0 saturated carbocycles. The van der Waals surface area contributed by atoms with Gasteiger partial charge in [-0.3, -0.25) is 0 Å². The van der Waals surface area contributed by atoms with Crippen molar-refractivity contribution in [2.45, 2.75) is 26.2 Å². The number of thiophene rings is 1. The topological polar surface area (TPSA) is 38.9 Å². The largest absolute Gasteiger partial charge is 0.464 e. The van der Waals surface area contributed by atoms with Crippen molar-refractivity contribution in [1.29, 1.82) is 0 Å². The Morgan fingerprint density at radius 3 is 2.56 bits per heavy atom. The normalized spacial score (nSPS) is 12.2. The fraction of sp³-hybridized carbons (Fsp3) is 0.143. The zero-order valence-electron chi connectivity index (χ0n) is 18.2. The number of furan rings is 1. The number of aromatic nitrogens is 2. The van der Waals surface area contributed by atoms with Crippen LogP contribution in [-0.4, -0.2) is 9.97 Å². The Balaban J connectivity index is 1.56. The van der Waals surface area contributed by atoms with E-state index in [4.69, 9.17) is 9.40 Å². The zero-order valence-corrected chi connectivity index (χ0v) is 19.0. The van der Waals surface area contributed by atoms with Crippen LogP contribution in [0.3, 0.4) is 0 Å². The highest BCUT2D eigenvalue weighted by molar-refractivity contribution is 7.22. The molecule has 0 aliphatic heterocycles. The highest BCUT2D eigenvalue weighted by Gasteiger charge is 2.20. The minimum Gasteiger partial charge on any atom is -0.464 e. The molecule has 3 heterocycles. The average molecular weight is 435 g/mol. The number of benzene rings is 3. The van der Waals surface area contributed by atoms with E-state index in [0.717, 1.165) is 42.9 Å². The lowest BCUT2D eigenvalue weighted by atomic mass is 9.82. The molecule has 0 N–H and O–H groups in total. The van der Waals surface area contributed by atoms with Crippen molar-refractivity contribution < 1.29 is 4.42 Å². The number of hydrogen-bond acceptors (Lipinski definition) is 4. The van der Waals surface area contributed by atoms with Crippen LogP contribution in [0.2, 0.25) is 0 Å². The van der Waals surface area contributed by atoms with Gasteiger partial charge >= 0.3 is 0 Å². The van der Waals surface area contributed by atoms with Crippen LogP contribution in [0.1, 0.15) is 26.3 Å². The summed E-state index contributed by atoms with van der Waals surface area (Å²) in [5.41, 5.74) is 6.49. The molecule has 3 nitrogen and oxygen atoms in total. The van der Waals surface area contributed by atoms with Gasteiger partial charge in [0.2, 0.25) is 0 Å². The molecule has 3 aromatic carbocycles. The van der Waals surface area contributed by atoms with Gasteiger partial charge in [0.1, 0.15) is 11.9 Å². The van der Waals surface area contributed by atoms with Crippen LogP contribution in [0.15, 0.2) is 83.7 Å². The SMILES string of the molecule is CC(C)(C)c1cc(-c2ncnc3cc(-c4ccc5ccoc5c4)sc23)cc2ccccc12. The summed E-state index contributed by atoms with van der Waals surface area (Å²) in [7, 11) is 0. The van der Waals surface area contributed by atoms with Crippen molar-refractivity contribution in [3.63, 3.8) is 0 Å². The molecule has 6 rings (SSSR count). The molecule has 0 aliphatic rings. The summed E-state index contributed by atoms with van der Waals surface area (Å²) in [4.78, 5) is 10.5. The van der Waals surface area contributed by atoms with Crippen LogP contribution in [0, 0.1) is 0 Å². The molecule has 0 amide bonds. The lowest BCUT2D eigenvalue weighted by Gasteiger charge is -2.22. The second kappa shape index (κ2) is 7.01. The zero-order chi connectivity index (χ0) is 21.9. The highest BCUT2D eigenvalue weighted by atomic mass is 32.1. The monoisotopic (exact) mass is 434 g/mol. The lowest BCUT2D eigenvalue weighted by Crippen LogP contribution is -2.12. The third-order valence-corrected chi connectivity index (χ3v) is 7.18. The van der Waals surface area contributed by atoms with Crippen LogP contribution in [0.4, 0.5) is 0 Å². The molecule has 32 heavy (non-hydrogen) atoms. The smallest absolute Gasteiger partial charge is 0.134 e. The Kier molecular flexibility index (Phi) is 4.21. The van der Waals surface area contributed by atoms with Gasteiger partial charge in [0, 0.05) is 15.8 Å². The fourth-order valence-corrected chi connectivity index (χ4v) is 5.50. The molecular weight excluding hydrogens is 412 g/mol. The van der Waals surface area contributed by atoms with Crippen molar-refractivity contribution in [3.05, 3.63) is 84.9 Å². The molecular formula is C28H22N2OS. The van der Waals surface area contributed by atoms with Crippen molar-refractivity contribution in [2.24, 2.45) is 0 Å². The maximum Gasteiger partial charge on any atom is 0.134 e. The van der Waals surface area contributed by atoms with Gasteiger partial charge < -0.3 is 4.42 Å². The Labute approximate surface area is 190 Å². The van der Waals surface area contributed by atoms with E-state index in [2.05, 4.69) is 86.4 Å². The second-order valence-corrected chi connectivity index (χ2v) is 10.3. The van der Waals surface area contributed by atoms with E-state index >= 15 is 0 Å². The third-order valence-electron chi connectivity index (χ3n) is 6.00. The van der Waals surface area contributed by atoms with Crippen LogP contribution in [-0.2, 0) is 5.41 Å². The molecule has 0 saturated heterocycles. The van der Waals surface area contributed by atoms with E-state index in [1.165, 1.54) is 16.3 Å². The van der Waals surface area contributed by atoms with Gasteiger partial charge in [-0.15, -0.1) is 11.3 Å². The molecule has 4 heteroatoms. The lowest BCUT2D eigenvalue weighted by molar-refractivity contribution is 0.596. The molecule has 6 aromatic rings. The summed E-state index contributed by atoms with van der Waals surface area (Å²) in [5, 5.41) is 3.65. The van der Waals surface area contributed by atoms with Gasteiger partial charge in [-0.05, 0) is 57.6 Å². The predicted octanol–water partition coefficient (Wildman–Crippen LogP) is 8.22. The first-order valence-corrected chi connectivity index (χ1v) is 11.5. The van der Waals surface area contributed by atoms with E-state index in [0.29, 0.717) is 0 Å². The number of fused-ring (bicyclic) bond motifs is 3. The summed E-state index contributed by atoms with van der Waals surface area (Å²) in [6, 6.07) is 23.6. The van der Waals surface area contributed by atoms with Crippen molar-refractivity contribution in [1.82, 2.24) is 9.97 Å². The standard InChI is InChI=1S/C28H22N2OS/c1-28(2,3)22-13-20(12-18-6-4-5-7-21(18)22)26-27-23(29-16-30-26)15-25(32-27)19-9-8-17-10-11-31-24(17)14-19/h4-16H,1-3H3. The van der Waals surface area contributed by atoms with Crippen molar-refractivity contribution >= 4 is 43.3 Å². The van der Waals surface area contributed by atoms with Gasteiger partial charge in [-0.2, -0.15) is 0 Å². The highest BCUT2D eigenvalue weighted by Crippen LogP contribution is 2.40. The van der Waals surface area contributed by atoms with Crippen LogP contribution in [0.25, 0.3) is 53.7 Å². The first-order valence-electron chi connectivity index (χ1n) is 10.7. The summed E-state index contributed by atoms with van der Waals surface area (Å²) >= 11 is 1.74. The molecule has 0 bridgehead atoms. The summed E-state index contributed by atoms with van der Waals surface area (Å²) in [5.74, 6) is 0. The molecule has 0 fully saturated rings. The molecule has 0 atom stereocenters. The summed E-state index contributed by atoms with van der Waals surface area (Å²) in [6.07, 6.45) is 3.41. The van der Waals surface area contributed by atoms with Crippen LogP contribution >= 0.6 is 11.3 Å². The number of hydrogen-bond donors (Lipinski definition) is 0.